The minimum atomic E-state index is 0. The van der Waals surface area contributed by atoms with Crippen LogP contribution in [0.4, 0.5) is 0 Å². The smallest absolute Gasteiger partial charge is 0.0414 e. The summed E-state index contributed by atoms with van der Waals surface area (Å²) >= 11 is 7.66. The summed E-state index contributed by atoms with van der Waals surface area (Å²) in [6, 6.07) is 0. The second-order valence-electron chi connectivity index (χ2n) is 0.632. The summed E-state index contributed by atoms with van der Waals surface area (Å²) < 4.78 is 0.222. The van der Waals surface area contributed by atoms with Crippen LogP contribution in [0.3, 0.4) is 0 Å². The molecule has 0 aliphatic rings. The normalized spacial score (nSPS) is 7.20. The van der Waals surface area contributed by atoms with Crippen molar-refractivity contribution in [2.75, 3.05) is 0 Å². The minimum absolute atomic E-state index is 0. The molecule has 0 rings (SSSR count). The van der Waals surface area contributed by atoms with Crippen molar-refractivity contribution >= 4 is 25.3 Å². The van der Waals surface area contributed by atoms with Gasteiger partial charge in [-0.15, -0.1) is 0 Å². The molecule has 0 aromatic carbocycles. The average Bonchev–Trinajstić information content (AvgIpc) is 0.811. The summed E-state index contributed by atoms with van der Waals surface area (Å²) in [5, 5.41) is 0. The van der Waals surface area contributed by atoms with Crippen LogP contribution in [0.5, 0.6) is 0 Å². The molecule has 0 aromatic rings. The molecule has 0 aromatic heterocycles. The first-order chi connectivity index (χ1) is 1.73. The molecule has 5 heavy (non-hydrogen) atoms. The number of hydrogen-bond donors (Lipinski definition) is 2. The number of rotatable bonds is 0. The van der Waals surface area contributed by atoms with Gasteiger partial charge in [-0.25, -0.2) is 0 Å². The van der Waals surface area contributed by atoms with Crippen LogP contribution in [0.2, 0.25) is 0 Å². The van der Waals surface area contributed by atoms with E-state index in [1.54, 1.807) is 0 Å². The van der Waals surface area contributed by atoms with Gasteiger partial charge >= 0.3 is 0 Å². The molecule has 0 saturated carbocycles. The zero-order chi connectivity index (χ0) is 3.58. The molecular formula is C2H6ArS2. The summed E-state index contributed by atoms with van der Waals surface area (Å²) in [6.45, 7) is 1.90. The predicted octanol–water partition coefficient (Wildman–Crippen LogP) is 1.19. The van der Waals surface area contributed by atoms with Crippen molar-refractivity contribution in [3.8, 4) is 0 Å². The standard InChI is InChI=1S/C2H6S2.Ar/c1-2(3)4;/h2-4H,1H3;. The molecule has 0 atom stereocenters. The van der Waals surface area contributed by atoms with E-state index >= 15 is 0 Å². The Bertz CT molecular complexity index is 12.4. The molecule has 0 radical (unpaired) electrons. The fraction of sp³-hybridized carbons (Fsp3) is 1.00. The molecule has 0 N–H and O–H groups in total. The second kappa shape index (κ2) is 5.96. The average molecular weight is 134 g/mol. The Kier molecular flexibility index (Phi) is 12.0. The van der Waals surface area contributed by atoms with Gasteiger partial charge in [0, 0.05) is 42.3 Å². The van der Waals surface area contributed by atoms with Crippen LogP contribution in [0.1, 0.15) is 6.92 Å². The largest absolute Gasteiger partial charge is 0.166 e. The van der Waals surface area contributed by atoms with Crippen molar-refractivity contribution < 1.29 is 37.7 Å². The molecule has 0 unspecified atom stereocenters. The third kappa shape index (κ3) is 24.3. The molecule has 0 amide bonds. The van der Waals surface area contributed by atoms with Crippen molar-refractivity contribution in [3.63, 3.8) is 0 Å². The maximum atomic E-state index is 3.83. The first-order valence-electron chi connectivity index (χ1n) is 1.09. The van der Waals surface area contributed by atoms with Crippen molar-refractivity contribution in [1.82, 2.24) is 0 Å². The van der Waals surface area contributed by atoms with E-state index in [-0.39, 0.29) is 42.3 Å². The Morgan fingerprint density at radius 2 is 1.40 bits per heavy atom. The molecule has 0 fully saturated rings. The Morgan fingerprint density at radius 3 is 1.40 bits per heavy atom. The van der Waals surface area contributed by atoms with Crippen molar-refractivity contribution in [3.05, 3.63) is 0 Å². The fourth-order valence-electron chi connectivity index (χ4n) is 0. The quantitative estimate of drug-likeness (QED) is 0.361. The maximum absolute atomic E-state index is 3.83. The third-order valence-electron chi connectivity index (χ3n) is 0. The molecule has 3 heteroatoms. The van der Waals surface area contributed by atoms with Gasteiger partial charge in [0.05, 0.1) is 0 Å². The molecule has 0 aliphatic carbocycles. The number of thiol groups is 2. The molecule has 34 valence electrons. The van der Waals surface area contributed by atoms with E-state index in [1.165, 1.54) is 0 Å². The Labute approximate surface area is 73.5 Å². The molecule has 0 aliphatic heterocycles. The van der Waals surface area contributed by atoms with Crippen LogP contribution in [0.25, 0.3) is 0 Å². The second-order valence-corrected chi connectivity index (χ2v) is 2.59. The van der Waals surface area contributed by atoms with Gasteiger partial charge in [0.1, 0.15) is 0 Å². The van der Waals surface area contributed by atoms with E-state index in [9.17, 15) is 0 Å². The van der Waals surface area contributed by atoms with Crippen LogP contribution < -0.4 is 0 Å². The van der Waals surface area contributed by atoms with Gasteiger partial charge in [-0.3, -0.25) is 0 Å². The van der Waals surface area contributed by atoms with Crippen molar-refractivity contribution in [2.24, 2.45) is 0 Å². The zero-order valence-electron chi connectivity index (χ0n) is 2.83. The van der Waals surface area contributed by atoms with Gasteiger partial charge in [-0.2, -0.15) is 25.3 Å². The topological polar surface area (TPSA) is 0 Å². The maximum Gasteiger partial charge on any atom is 0.0414 e. The van der Waals surface area contributed by atoms with E-state index < -0.39 is 0 Å². The SMILES string of the molecule is CC(S)S.[Ar]. The van der Waals surface area contributed by atoms with E-state index in [2.05, 4.69) is 25.3 Å². The van der Waals surface area contributed by atoms with Crippen molar-refractivity contribution in [1.29, 1.82) is 0 Å². The van der Waals surface area contributed by atoms with E-state index in [0.29, 0.717) is 0 Å². The van der Waals surface area contributed by atoms with Crippen LogP contribution in [-0.2, 0) is 0 Å². The molecule has 0 saturated heterocycles. The van der Waals surface area contributed by atoms with E-state index in [4.69, 9.17) is 0 Å². The van der Waals surface area contributed by atoms with Crippen LogP contribution in [0.15, 0.2) is 0 Å². The van der Waals surface area contributed by atoms with Gasteiger partial charge in [-0.1, -0.05) is 0 Å². The van der Waals surface area contributed by atoms with Gasteiger partial charge in [0.15, 0.2) is 0 Å². The molecule has 0 bridgehead atoms. The van der Waals surface area contributed by atoms with Gasteiger partial charge in [0.2, 0.25) is 0 Å². The molecular weight excluding hydrogens is 128 g/mol. The Morgan fingerprint density at radius 1 is 1.40 bits per heavy atom. The predicted molar refractivity (Wildman–Crippen MR) is 27.4 cm³/mol. The zero-order valence-corrected chi connectivity index (χ0v) is 5.32. The number of hydrogen-bond acceptors (Lipinski definition) is 2. The monoisotopic (exact) mass is 134 g/mol. The molecule has 0 nitrogen and oxygen atoms in total. The summed E-state index contributed by atoms with van der Waals surface area (Å²) in [6.07, 6.45) is 0. The summed E-state index contributed by atoms with van der Waals surface area (Å²) in [5.74, 6) is 0. The third-order valence-corrected chi connectivity index (χ3v) is 0. The van der Waals surface area contributed by atoms with Crippen LogP contribution >= 0.6 is 25.3 Å². The fourth-order valence-corrected chi connectivity index (χ4v) is 0. The Hall–Kier alpha value is 1.96. The first-order valence-corrected chi connectivity index (χ1v) is 2.13. The molecule has 0 spiro atoms. The minimum Gasteiger partial charge on any atom is -0.166 e. The van der Waals surface area contributed by atoms with Crippen molar-refractivity contribution in [2.45, 2.75) is 11.5 Å². The Balaban J connectivity index is 0. The molecule has 0 heterocycles. The van der Waals surface area contributed by atoms with Crippen LogP contribution in [-0.4, -0.2) is 4.58 Å². The van der Waals surface area contributed by atoms with E-state index in [0.717, 1.165) is 0 Å². The summed E-state index contributed by atoms with van der Waals surface area (Å²) in [5.41, 5.74) is 0. The van der Waals surface area contributed by atoms with Gasteiger partial charge in [0.25, 0.3) is 0 Å². The van der Waals surface area contributed by atoms with E-state index in [1.807, 2.05) is 6.92 Å². The van der Waals surface area contributed by atoms with Gasteiger partial charge in [-0.05, 0) is 6.92 Å². The summed E-state index contributed by atoms with van der Waals surface area (Å²) in [4.78, 5) is 0. The summed E-state index contributed by atoms with van der Waals surface area (Å²) in [7, 11) is 0. The van der Waals surface area contributed by atoms with Gasteiger partial charge < -0.3 is 0 Å². The first kappa shape index (κ1) is 10.0. The van der Waals surface area contributed by atoms with Crippen LogP contribution in [0, 0.1) is 37.7 Å².